The monoisotopic (exact) mass is 298 g/mol. The Kier molecular flexibility index (Phi) is 4.81. The maximum Gasteiger partial charge on any atom is 0.244 e. The lowest BCUT2D eigenvalue weighted by molar-refractivity contribution is -0.116. The van der Waals surface area contributed by atoms with Crippen LogP contribution in [0.15, 0.2) is 35.1 Å². The van der Waals surface area contributed by atoms with Crippen molar-refractivity contribution in [2.75, 3.05) is 5.32 Å². The number of carbonyl (C=O) groups excluding carboxylic acids is 1. The van der Waals surface area contributed by atoms with Crippen molar-refractivity contribution >= 4 is 11.6 Å². The second-order valence-corrected chi connectivity index (χ2v) is 5.57. The standard InChI is InChI=1S/C18H22N2O2/c1-5-15-8-6-7-12(2)18(15)19-17(22)11-20-13(3)9-16(21)10-14(20)4/h6-10H,5,11H2,1-4H3,(H,19,22). The highest BCUT2D eigenvalue weighted by atomic mass is 16.2. The molecule has 0 saturated carbocycles. The first-order valence-corrected chi connectivity index (χ1v) is 7.48. The van der Waals surface area contributed by atoms with E-state index in [1.54, 1.807) is 12.1 Å². The van der Waals surface area contributed by atoms with E-state index in [-0.39, 0.29) is 17.9 Å². The number of rotatable bonds is 4. The van der Waals surface area contributed by atoms with Crippen LogP contribution in [0.5, 0.6) is 0 Å². The molecule has 1 aromatic carbocycles. The Balaban J connectivity index is 2.23. The molecule has 0 radical (unpaired) electrons. The van der Waals surface area contributed by atoms with Crippen LogP contribution >= 0.6 is 0 Å². The van der Waals surface area contributed by atoms with Crippen molar-refractivity contribution in [3.63, 3.8) is 0 Å². The van der Waals surface area contributed by atoms with Gasteiger partial charge in [-0.25, -0.2) is 0 Å². The number of nitrogens with zero attached hydrogens (tertiary/aromatic N) is 1. The number of anilines is 1. The number of benzene rings is 1. The quantitative estimate of drug-likeness (QED) is 0.943. The minimum atomic E-state index is -0.0844. The number of aromatic nitrogens is 1. The average molecular weight is 298 g/mol. The molecule has 0 aliphatic heterocycles. The summed E-state index contributed by atoms with van der Waals surface area (Å²) in [6.45, 7) is 7.94. The number of nitrogens with one attached hydrogen (secondary N) is 1. The van der Waals surface area contributed by atoms with Crippen LogP contribution in [0.1, 0.15) is 29.4 Å². The summed E-state index contributed by atoms with van der Waals surface area (Å²) >= 11 is 0. The van der Waals surface area contributed by atoms with E-state index in [2.05, 4.69) is 12.2 Å². The fourth-order valence-corrected chi connectivity index (χ4v) is 2.66. The Morgan fingerprint density at radius 2 is 1.77 bits per heavy atom. The third-order valence-electron chi connectivity index (χ3n) is 3.86. The summed E-state index contributed by atoms with van der Waals surface area (Å²) in [6.07, 6.45) is 0.868. The van der Waals surface area contributed by atoms with Crippen LogP contribution in [0.25, 0.3) is 0 Å². The number of aryl methyl sites for hydroxylation is 4. The molecule has 1 N–H and O–H groups in total. The van der Waals surface area contributed by atoms with Crippen LogP contribution in [0, 0.1) is 20.8 Å². The summed E-state index contributed by atoms with van der Waals surface area (Å²) < 4.78 is 1.85. The van der Waals surface area contributed by atoms with Crippen molar-refractivity contribution in [1.29, 1.82) is 0 Å². The van der Waals surface area contributed by atoms with E-state index in [4.69, 9.17) is 0 Å². The van der Waals surface area contributed by atoms with Gasteiger partial charge in [-0.15, -0.1) is 0 Å². The summed E-state index contributed by atoms with van der Waals surface area (Å²) in [5, 5.41) is 3.01. The van der Waals surface area contributed by atoms with Gasteiger partial charge in [-0.05, 0) is 38.3 Å². The molecule has 116 valence electrons. The molecule has 1 aromatic heterocycles. The van der Waals surface area contributed by atoms with Gasteiger partial charge in [-0.1, -0.05) is 25.1 Å². The smallest absolute Gasteiger partial charge is 0.244 e. The zero-order chi connectivity index (χ0) is 16.3. The molecule has 4 nitrogen and oxygen atoms in total. The first kappa shape index (κ1) is 16.0. The van der Waals surface area contributed by atoms with Crippen molar-refractivity contribution < 1.29 is 4.79 Å². The molecule has 2 aromatic rings. The van der Waals surface area contributed by atoms with Crippen LogP contribution in [-0.2, 0) is 17.8 Å². The molecule has 1 heterocycles. The average Bonchev–Trinajstić information content (AvgIpc) is 2.45. The molecule has 0 bridgehead atoms. The molecule has 0 aliphatic carbocycles. The highest BCUT2D eigenvalue weighted by molar-refractivity contribution is 5.92. The van der Waals surface area contributed by atoms with Gasteiger partial charge in [0.05, 0.1) is 0 Å². The van der Waals surface area contributed by atoms with Crippen LogP contribution < -0.4 is 10.7 Å². The van der Waals surface area contributed by atoms with Gasteiger partial charge in [-0.3, -0.25) is 9.59 Å². The minimum Gasteiger partial charge on any atom is -0.340 e. The predicted molar refractivity (Wildman–Crippen MR) is 89.4 cm³/mol. The number of carbonyl (C=O) groups is 1. The zero-order valence-corrected chi connectivity index (χ0v) is 13.6. The lowest BCUT2D eigenvalue weighted by atomic mass is 10.1. The third-order valence-corrected chi connectivity index (χ3v) is 3.86. The molecule has 2 rings (SSSR count). The topological polar surface area (TPSA) is 51.1 Å². The van der Waals surface area contributed by atoms with Crippen molar-refractivity contribution in [1.82, 2.24) is 4.57 Å². The largest absolute Gasteiger partial charge is 0.340 e. The second kappa shape index (κ2) is 6.60. The van der Waals surface area contributed by atoms with Gasteiger partial charge >= 0.3 is 0 Å². The van der Waals surface area contributed by atoms with Crippen LogP contribution in [0.4, 0.5) is 5.69 Å². The highest BCUT2D eigenvalue weighted by Gasteiger charge is 2.11. The molecule has 0 spiro atoms. The SMILES string of the molecule is CCc1cccc(C)c1NC(=O)Cn1c(C)cc(=O)cc1C. The Bertz CT molecular complexity index is 734. The van der Waals surface area contributed by atoms with E-state index >= 15 is 0 Å². The summed E-state index contributed by atoms with van der Waals surface area (Å²) in [6, 6.07) is 9.11. The number of hydrogen-bond donors (Lipinski definition) is 1. The Morgan fingerprint density at radius 1 is 1.14 bits per heavy atom. The van der Waals surface area contributed by atoms with Gasteiger partial charge < -0.3 is 9.88 Å². The van der Waals surface area contributed by atoms with E-state index < -0.39 is 0 Å². The Labute approximate surface area is 130 Å². The van der Waals surface area contributed by atoms with Crippen LogP contribution in [0.2, 0.25) is 0 Å². The lowest BCUT2D eigenvalue weighted by Gasteiger charge is -2.16. The molecule has 0 aliphatic rings. The van der Waals surface area contributed by atoms with Crippen molar-refractivity contribution in [3.05, 3.63) is 63.1 Å². The Morgan fingerprint density at radius 3 is 2.36 bits per heavy atom. The van der Waals surface area contributed by atoms with Gasteiger partial charge in [0.25, 0.3) is 0 Å². The van der Waals surface area contributed by atoms with E-state index in [0.29, 0.717) is 0 Å². The van der Waals surface area contributed by atoms with E-state index in [1.165, 1.54) is 0 Å². The fourth-order valence-electron chi connectivity index (χ4n) is 2.66. The van der Waals surface area contributed by atoms with Crippen molar-refractivity contribution in [2.24, 2.45) is 0 Å². The Hall–Kier alpha value is -2.36. The van der Waals surface area contributed by atoms with Gasteiger partial charge in [0.15, 0.2) is 5.43 Å². The summed E-state index contributed by atoms with van der Waals surface area (Å²) in [4.78, 5) is 23.8. The molecule has 4 heteroatoms. The highest BCUT2D eigenvalue weighted by Crippen LogP contribution is 2.21. The lowest BCUT2D eigenvalue weighted by Crippen LogP contribution is -2.24. The normalized spacial score (nSPS) is 10.5. The van der Waals surface area contributed by atoms with Crippen LogP contribution in [-0.4, -0.2) is 10.5 Å². The molecule has 0 saturated heterocycles. The first-order chi connectivity index (χ1) is 10.4. The number of amides is 1. The van der Waals surface area contributed by atoms with E-state index in [0.717, 1.165) is 34.6 Å². The van der Waals surface area contributed by atoms with Crippen LogP contribution in [0.3, 0.4) is 0 Å². The summed E-state index contributed by atoms with van der Waals surface area (Å²) in [5.74, 6) is -0.0844. The van der Waals surface area contributed by atoms with Gasteiger partial charge in [0.1, 0.15) is 6.54 Å². The summed E-state index contributed by atoms with van der Waals surface area (Å²) in [7, 11) is 0. The molecule has 0 atom stereocenters. The van der Waals surface area contributed by atoms with Gasteiger partial charge in [0.2, 0.25) is 5.91 Å². The summed E-state index contributed by atoms with van der Waals surface area (Å²) in [5.41, 5.74) is 4.63. The molecule has 0 fully saturated rings. The molecular weight excluding hydrogens is 276 g/mol. The first-order valence-electron chi connectivity index (χ1n) is 7.48. The number of pyridine rings is 1. The fraction of sp³-hybridized carbons (Fsp3) is 0.333. The number of hydrogen-bond acceptors (Lipinski definition) is 2. The zero-order valence-electron chi connectivity index (χ0n) is 13.6. The van der Waals surface area contributed by atoms with E-state index in [1.807, 2.05) is 43.5 Å². The molecule has 0 unspecified atom stereocenters. The molecule has 1 amide bonds. The third kappa shape index (κ3) is 3.45. The maximum atomic E-state index is 12.4. The molecular formula is C18H22N2O2. The van der Waals surface area contributed by atoms with Crippen molar-refractivity contribution in [3.8, 4) is 0 Å². The van der Waals surface area contributed by atoms with Gasteiger partial charge in [0, 0.05) is 29.2 Å². The maximum absolute atomic E-state index is 12.4. The minimum absolute atomic E-state index is 0.0289. The molecule has 22 heavy (non-hydrogen) atoms. The second-order valence-electron chi connectivity index (χ2n) is 5.57. The predicted octanol–water partition coefficient (Wildman–Crippen LogP) is 2.97. The van der Waals surface area contributed by atoms with E-state index in [9.17, 15) is 9.59 Å². The number of para-hydroxylation sites is 1. The van der Waals surface area contributed by atoms with Crippen molar-refractivity contribution in [2.45, 2.75) is 40.7 Å². The van der Waals surface area contributed by atoms with Gasteiger partial charge in [-0.2, -0.15) is 0 Å².